The van der Waals surface area contributed by atoms with E-state index in [1.54, 1.807) is 7.11 Å². The Labute approximate surface area is 122 Å². The Kier molecular flexibility index (Phi) is 5.39. The molecular formula is C14H20BrNOS. The number of thioether (sulfide) groups is 1. The van der Waals surface area contributed by atoms with E-state index in [4.69, 9.17) is 4.74 Å². The average Bonchev–Trinajstić information content (AvgIpc) is 2.90. The summed E-state index contributed by atoms with van der Waals surface area (Å²) in [4.78, 5) is 0. The lowest BCUT2D eigenvalue weighted by molar-refractivity contribution is 0.412. The Morgan fingerprint density at radius 3 is 2.94 bits per heavy atom. The summed E-state index contributed by atoms with van der Waals surface area (Å²) in [6.45, 7) is 0. The molecule has 1 aromatic rings. The molecule has 0 amide bonds. The first-order chi connectivity index (χ1) is 8.74. The molecule has 0 saturated carbocycles. The van der Waals surface area contributed by atoms with Crippen molar-refractivity contribution in [2.45, 2.75) is 30.6 Å². The van der Waals surface area contributed by atoms with Crippen molar-refractivity contribution in [2.24, 2.45) is 0 Å². The number of likely N-dealkylation sites (N-methyl/N-ethyl adjacent to an activating group) is 1. The van der Waals surface area contributed by atoms with Crippen molar-refractivity contribution in [3.8, 4) is 5.75 Å². The molecule has 0 aromatic heterocycles. The van der Waals surface area contributed by atoms with Gasteiger partial charge in [-0.2, -0.15) is 11.8 Å². The van der Waals surface area contributed by atoms with Crippen LogP contribution in [0.4, 0.5) is 0 Å². The molecule has 0 spiro atoms. The highest BCUT2D eigenvalue weighted by Crippen LogP contribution is 2.31. The molecule has 1 saturated heterocycles. The largest absolute Gasteiger partial charge is 0.496 e. The van der Waals surface area contributed by atoms with Gasteiger partial charge in [0.25, 0.3) is 0 Å². The summed E-state index contributed by atoms with van der Waals surface area (Å²) in [5.41, 5.74) is 1.36. The first kappa shape index (κ1) is 14.2. The normalized spacial score (nSPS) is 20.9. The summed E-state index contributed by atoms with van der Waals surface area (Å²) in [5.74, 6) is 2.21. The van der Waals surface area contributed by atoms with Crippen LogP contribution in [0.15, 0.2) is 22.7 Å². The Morgan fingerprint density at radius 2 is 2.39 bits per heavy atom. The predicted octanol–water partition coefficient (Wildman–Crippen LogP) is 3.48. The molecule has 0 aliphatic carbocycles. The standard InChI is InChI=1S/C14H20BrNOS/c1-16-12(14-4-3-7-18-14)9-10-5-6-13(17-2)11(15)8-10/h5-6,8,12,14,16H,3-4,7,9H2,1-2H3. The Hall–Kier alpha value is -0.190. The second-order valence-electron chi connectivity index (χ2n) is 4.62. The van der Waals surface area contributed by atoms with E-state index in [1.165, 1.54) is 24.2 Å². The van der Waals surface area contributed by atoms with Gasteiger partial charge in [0.1, 0.15) is 5.75 Å². The number of rotatable bonds is 5. The lowest BCUT2D eigenvalue weighted by Crippen LogP contribution is -2.36. The fourth-order valence-electron chi connectivity index (χ4n) is 2.43. The van der Waals surface area contributed by atoms with Crippen LogP contribution in [0.5, 0.6) is 5.75 Å². The maximum atomic E-state index is 5.26. The molecule has 100 valence electrons. The lowest BCUT2D eigenvalue weighted by Gasteiger charge is -2.22. The molecule has 4 heteroatoms. The number of halogens is 1. The molecule has 2 rings (SSSR count). The molecule has 2 unspecified atom stereocenters. The predicted molar refractivity (Wildman–Crippen MR) is 82.7 cm³/mol. The highest BCUT2D eigenvalue weighted by Gasteiger charge is 2.24. The van der Waals surface area contributed by atoms with Crippen molar-refractivity contribution in [1.82, 2.24) is 5.32 Å². The molecule has 0 bridgehead atoms. The molecule has 2 atom stereocenters. The van der Waals surface area contributed by atoms with Gasteiger partial charge in [-0.25, -0.2) is 0 Å². The molecule has 1 N–H and O–H groups in total. The number of methoxy groups -OCH3 is 1. The minimum atomic E-state index is 0.567. The molecule has 1 fully saturated rings. The summed E-state index contributed by atoms with van der Waals surface area (Å²) in [5, 5.41) is 4.23. The third-order valence-electron chi connectivity index (χ3n) is 3.46. The van der Waals surface area contributed by atoms with Crippen LogP contribution in [0.1, 0.15) is 18.4 Å². The zero-order chi connectivity index (χ0) is 13.0. The summed E-state index contributed by atoms with van der Waals surface area (Å²) in [6.07, 6.45) is 3.78. The van der Waals surface area contributed by atoms with E-state index in [0.29, 0.717) is 6.04 Å². The van der Waals surface area contributed by atoms with Gasteiger partial charge in [0.05, 0.1) is 11.6 Å². The second kappa shape index (κ2) is 6.83. The zero-order valence-corrected chi connectivity index (χ0v) is 13.3. The minimum Gasteiger partial charge on any atom is -0.496 e. The van der Waals surface area contributed by atoms with E-state index in [9.17, 15) is 0 Å². The number of ether oxygens (including phenoxy) is 1. The maximum Gasteiger partial charge on any atom is 0.133 e. The third-order valence-corrected chi connectivity index (χ3v) is 5.59. The van der Waals surface area contributed by atoms with Crippen molar-refractivity contribution in [3.05, 3.63) is 28.2 Å². The van der Waals surface area contributed by atoms with Gasteiger partial charge < -0.3 is 10.1 Å². The van der Waals surface area contributed by atoms with E-state index in [-0.39, 0.29) is 0 Å². The second-order valence-corrected chi connectivity index (χ2v) is 6.82. The van der Waals surface area contributed by atoms with Crippen LogP contribution in [0.25, 0.3) is 0 Å². The van der Waals surface area contributed by atoms with Gasteiger partial charge in [-0.3, -0.25) is 0 Å². The smallest absolute Gasteiger partial charge is 0.133 e. The van der Waals surface area contributed by atoms with Crippen LogP contribution in [0.3, 0.4) is 0 Å². The van der Waals surface area contributed by atoms with Crippen molar-refractivity contribution < 1.29 is 4.74 Å². The van der Waals surface area contributed by atoms with Gasteiger partial charge in [0.15, 0.2) is 0 Å². The van der Waals surface area contributed by atoms with Crippen LogP contribution in [0, 0.1) is 0 Å². The van der Waals surface area contributed by atoms with Gasteiger partial charge in [0.2, 0.25) is 0 Å². The number of benzene rings is 1. The Morgan fingerprint density at radius 1 is 1.56 bits per heavy atom. The van der Waals surface area contributed by atoms with Gasteiger partial charge in [-0.15, -0.1) is 0 Å². The SMILES string of the molecule is CNC(Cc1ccc(OC)c(Br)c1)C1CCCS1. The monoisotopic (exact) mass is 329 g/mol. The molecule has 2 nitrogen and oxygen atoms in total. The quantitative estimate of drug-likeness (QED) is 0.893. The van der Waals surface area contributed by atoms with Crippen LogP contribution in [0.2, 0.25) is 0 Å². The first-order valence-corrected chi connectivity index (χ1v) is 8.20. The van der Waals surface area contributed by atoms with Crippen LogP contribution >= 0.6 is 27.7 Å². The van der Waals surface area contributed by atoms with Crippen LogP contribution < -0.4 is 10.1 Å². The fraction of sp³-hybridized carbons (Fsp3) is 0.571. The molecular weight excluding hydrogens is 310 g/mol. The van der Waals surface area contributed by atoms with E-state index >= 15 is 0 Å². The molecule has 0 radical (unpaired) electrons. The lowest BCUT2D eigenvalue weighted by atomic mass is 10.0. The minimum absolute atomic E-state index is 0.567. The van der Waals surface area contributed by atoms with E-state index in [1.807, 2.05) is 6.07 Å². The number of nitrogens with one attached hydrogen (secondary N) is 1. The fourth-order valence-corrected chi connectivity index (χ4v) is 4.45. The molecule has 1 aliphatic rings. The van der Waals surface area contributed by atoms with Crippen molar-refractivity contribution in [3.63, 3.8) is 0 Å². The van der Waals surface area contributed by atoms with Gasteiger partial charge in [-0.05, 0) is 65.7 Å². The average molecular weight is 330 g/mol. The topological polar surface area (TPSA) is 21.3 Å². The van der Waals surface area contributed by atoms with Crippen LogP contribution in [-0.4, -0.2) is 31.2 Å². The Bertz CT molecular complexity index is 393. The van der Waals surface area contributed by atoms with Gasteiger partial charge in [-0.1, -0.05) is 6.07 Å². The first-order valence-electron chi connectivity index (χ1n) is 6.36. The molecule has 1 aromatic carbocycles. The maximum absolute atomic E-state index is 5.26. The summed E-state index contributed by atoms with van der Waals surface area (Å²) >= 11 is 5.66. The highest BCUT2D eigenvalue weighted by atomic mass is 79.9. The van der Waals surface area contributed by atoms with Crippen molar-refractivity contribution >= 4 is 27.7 Å². The highest BCUT2D eigenvalue weighted by molar-refractivity contribution is 9.10. The van der Waals surface area contributed by atoms with Crippen LogP contribution in [-0.2, 0) is 6.42 Å². The van der Waals surface area contributed by atoms with Gasteiger partial charge in [0, 0.05) is 11.3 Å². The molecule has 1 heterocycles. The molecule has 18 heavy (non-hydrogen) atoms. The van der Waals surface area contributed by atoms with E-state index < -0.39 is 0 Å². The third kappa shape index (κ3) is 3.43. The van der Waals surface area contributed by atoms with Crippen molar-refractivity contribution in [1.29, 1.82) is 0 Å². The van der Waals surface area contributed by atoms with Crippen molar-refractivity contribution in [2.75, 3.05) is 19.9 Å². The summed E-state index contributed by atoms with van der Waals surface area (Å²) in [6, 6.07) is 6.93. The van der Waals surface area contributed by atoms with E-state index in [0.717, 1.165) is 21.9 Å². The summed E-state index contributed by atoms with van der Waals surface area (Å²) in [7, 11) is 3.77. The zero-order valence-electron chi connectivity index (χ0n) is 10.9. The number of hydrogen-bond donors (Lipinski definition) is 1. The summed E-state index contributed by atoms with van der Waals surface area (Å²) < 4.78 is 6.30. The number of hydrogen-bond acceptors (Lipinski definition) is 3. The van der Waals surface area contributed by atoms with E-state index in [2.05, 4.69) is 52.2 Å². The molecule has 1 aliphatic heterocycles. The van der Waals surface area contributed by atoms with Gasteiger partial charge >= 0.3 is 0 Å². The Balaban J connectivity index is 2.04.